The van der Waals surface area contributed by atoms with Crippen molar-refractivity contribution >= 4 is 49.7 Å². The van der Waals surface area contributed by atoms with Gasteiger partial charge < -0.3 is 20.4 Å². The highest BCUT2D eigenvalue weighted by molar-refractivity contribution is 7.89. The molecule has 2 aromatic rings. The highest BCUT2D eigenvalue weighted by Crippen LogP contribution is 2.38. The molecule has 2 unspecified atom stereocenters. The number of sulfonamides is 2. The lowest BCUT2D eigenvalue weighted by atomic mass is 10.1. The molecule has 0 fully saturated rings. The Kier molecular flexibility index (Phi) is 7.68. The van der Waals surface area contributed by atoms with Crippen LogP contribution < -0.4 is 9.44 Å². The lowest BCUT2D eigenvalue weighted by Gasteiger charge is -2.13. The van der Waals surface area contributed by atoms with Gasteiger partial charge in [-0.25, -0.2) is 16.8 Å². The quantitative estimate of drug-likeness (QED) is 0.158. The Labute approximate surface area is 213 Å². The molecule has 0 radical (unpaired) electrons. The number of fused-ring (bicyclic) bond motifs is 3. The third kappa shape index (κ3) is 5.86. The van der Waals surface area contributed by atoms with E-state index in [1.54, 1.807) is 9.44 Å². The molecule has 6 N–H and O–H groups in total. The number of rotatable bonds is 12. The number of carboxylic acid groups (broad SMARTS) is 4. The van der Waals surface area contributed by atoms with Crippen LogP contribution >= 0.6 is 0 Å². The van der Waals surface area contributed by atoms with Gasteiger partial charge in [0.25, 0.3) is 0 Å². The van der Waals surface area contributed by atoms with Crippen molar-refractivity contribution in [2.24, 2.45) is 0 Å². The van der Waals surface area contributed by atoms with Gasteiger partial charge >= 0.3 is 23.9 Å². The van der Waals surface area contributed by atoms with E-state index in [2.05, 4.69) is 0 Å². The van der Waals surface area contributed by atoms with Crippen LogP contribution in [0.15, 0.2) is 46.2 Å². The van der Waals surface area contributed by atoms with Crippen molar-refractivity contribution < 1.29 is 61.2 Å². The average molecular weight is 571 g/mol. The Morgan fingerprint density at radius 2 is 0.974 bits per heavy atom. The second kappa shape index (κ2) is 10.3. The van der Waals surface area contributed by atoms with Crippen molar-refractivity contribution in [1.82, 2.24) is 9.44 Å². The topological polar surface area (TPSA) is 259 Å². The number of carbonyl (C=O) groups excluding carboxylic acids is 1. The van der Waals surface area contributed by atoms with Crippen molar-refractivity contribution in [3.63, 3.8) is 0 Å². The van der Waals surface area contributed by atoms with Gasteiger partial charge in [-0.1, -0.05) is 12.1 Å². The predicted octanol–water partition coefficient (Wildman–Crippen LogP) is -0.690. The van der Waals surface area contributed by atoms with Crippen LogP contribution in [0.5, 0.6) is 0 Å². The molecule has 202 valence electrons. The first-order valence-electron chi connectivity index (χ1n) is 10.3. The molecule has 3 rings (SSSR count). The van der Waals surface area contributed by atoms with E-state index < -0.39 is 84.4 Å². The first-order valence-corrected chi connectivity index (χ1v) is 13.3. The molecule has 0 amide bonds. The van der Waals surface area contributed by atoms with Gasteiger partial charge in [-0.15, -0.1) is 0 Å². The van der Waals surface area contributed by atoms with E-state index in [4.69, 9.17) is 20.4 Å². The van der Waals surface area contributed by atoms with Crippen LogP contribution in [0.25, 0.3) is 11.1 Å². The van der Waals surface area contributed by atoms with Gasteiger partial charge in [0, 0.05) is 11.1 Å². The molecule has 0 aromatic heterocycles. The Balaban J connectivity index is 1.94. The summed E-state index contributed by atoms with van der Waals surface area (Å²) in [6.07, 6.45) is -2.10. The average Bonchev–Trinajstić information content (AvgIpc) is 3.08. The zero-order valence-corrected chi connectivity index (χ0v) is 20.4. The highest BCUT2D eigenvalue weighted by Gasteiger charge is 2.33. The lowest BCUT2D eigenvalue weighted by Crippen LogP contribution is -2.42. The van der Waals surface area contributed by atoms with Gasteiger partial charge in [-0.05, 0) is 35.4 Å². The van der Waals surface area contributed by atoms with Crippen LogP contribution in [0.4, 0.5) is 0 Å². The first kappa shape index (κ1) is 28.4. The summed E-state index contributed by atoms with van der Waals surface area (Å²) < 4.78 is 54.2. The molecular weight excluding hydrogens is 552 g/mol. The normalized spacial score (nSPS) is 14.3. The van der Waals surface area contributed by atoms with Crippen molar-refractivity contribution in [3.05, 3.63) is 47.5 Å². The lowest BCUT2D eigenvalue weighted by molar-refractivity contribution is -0.145. The van der Waals surface area contributed by atoms with E-state index in [1.165, 1.54) is 12.1 Å². The number of ketones is 1. The number of nitrogens with one attached hydrogen (secondary N) is 2. The molecule has 0 saturated heterocycles. The van der Waals surface area contributed by atoms with Gasteiger partial charge in [0.05, 0.1) is 22.6 Å². The molecule has 0 heterocycles. The van der Waals surface area contributed by atoms with Crippen LogP contribution in [0, 0.1) is 0 Å². The third-order valence-electron chi connectivity index (χ3n) is 5.33. The Morgan fingerprint density at radius 1 is 0.632 bits per heavy atom. The van der Waals surface area contributed by atoms with E-state index in [1.807, 2.05) is 0 Å². The number of hydrogen-bond acceptors (Lipinski definition) is 9. The summed E-state index contributed by atoms with van der Waals surface area (Å²) in [4.78, 5) is 56.1. The maximum atomic E-state index is 13.0. The van der Waals surface area contributed by atoms with Crippen LogP contribution in [-0.2, 0) is 39.2 Å². The van der Waals surface area contributed by atoms with Crippen molar-refractivity contribution in [2.45, 2.75) is 34.7 Å². The Hall–Kier alpha value is -4.19. The van der Waals surface area contributed by atoms with Crippen LogP contribution in [0.3, 0.4) is 0 Å². The third-order valence-corrected chi connectivity index (χ3v) is 8.27. The minimum atomic E-state index is -4.60. The number of carboxylic acids is 4. The van der Waals surface area contributed by atoms with Gasteiger partial charge in [0.2, 0.25) is 20.0 Å². The van der Waals surface area contributed by atoms with E-state index in [0.717, 1.165) is 24.3 Å². The van der Waals surface area contributed by atoms with Gasteiger partial charge in [-0.2, -0.15) is 9.44 Å². The van der Waals surface area contributed by atoms with Crippen LogP contribution in [0.1, 0.15) is 28.8 Å². The molecule has 0 bridgehead atoms. The van der Waals surface area contributed by atoms with E-state index in [-0.39, 0.29) is 22.3 Å². The summed E-state index contributed by atoms with van der Waals surface area (Å²) in [5.41, 5.74) is 0.0838. The highest BCUT2D eigenvalue weighted by atomic mass is 32.2. The maximum Gasteiger partial charge on any atom is 0.322 e. The smallest absolute Gasteiger partial charge is 0.322 e. The minimum Gasteiger partial charge on any atom is -0.481 e. The monoisotopic (exact) mass is 570 g/mol. The van der Waals surface area contributed by atoms with Crippen molar-refractivity contribution in [3.8, 4) is 11.1 Å². The molecule has 1 aliphatic carbocycles. The summed E-state index contributed by atoms with van der Waals surface area (Å²) in [6.45, 7) is 0. The molecular formula is C21H18N2O13S2. The van der Waals surface area contributed by atoms with Gasteiger partial charge in [0.15, 0.2) is 5.78 Å². The minimum absolute atomic E-state index is 0.176. The van der Waals surface area contributed by atoms with Gasteiger partial charge in [0.1, 0.15) is 12.1 Å². The summed E-state index contributed by atoms with van der Waals surface area (Å²) in [5.74, 6) is -7.42. The Morgan fingerprint density at radius 3 is 1.26 bits per heavy atom. The fourth-order valence-electron chi connectivity index (χ4n) is 3.59. The number of benzene rings is 2. The molecule has 1 aliphatic rings. The van der Waals surface area contributed by atoms with Crippen molar-refractivity contribution in [2.75, 3.05) is 0 Å². The molecule has 0 spiro atoms. The standard InChI is InChI=1S/C21H18N2O13S2/c24-17(25)7-15(20(29)30)22-37(33,34)9-1-3-11-12-4-2-10(6-14(12)19(28)13(11)5-9)38(35,36)23-16(21(31)32)8-18(26)27/h1-6,15-16,22-23H,7-8H2,(H,24,25)(H,26,27)(H,29,30)(H,31,32). The maximum absolute atomic E-state index is 13.0. The molecule has 2 aromatic carbocycles. The summed E-state index contributed by atoms with van der Waals surface area (Å²) in [7, 11) is -9.20. The summed E-state index contributed by atoms with van der Waals surface area (Å²) >= 11 is 0. The molecule has 38 heavy (non-hydrogen) atoms. The first-order chi connectivity index (χ1) is 17.5. The Bertz CT molecular complexity index is 1480. The molecule has 15 nitrogen and oxygen atoms in total. The van der Waals surface area contributed by atoms with Gasteiger partial charge in [-0.3, -0.25) is 24.0 Å². The second-order valence-corrected chi connectivity index (χ2v) is 11.4. The van der Waals surface area contributed by atoms with E-state index in [0.29, 0.717) is 0 Å². The zero-order chi connectivity index (χ0) is 28.6. The summed E-state index contributed by atoms with van der Waals surface area (Å²) in [5, 5.41) is 35.8. The molecule has 0 saturated carbocycles. The fraction of sp³-hybridized carbons (Fsp3) is 0.190. The van der Waals surface area contributed by atoms with Crippen molar-refractivity contribution in [1.29, 1.82) is 0 Å². The zero-order valence-electron chi connectivity index (χ0n) is 18.8. The number of carbonyl (C=O) groups is 5. The summed E-state index contributed by atoms with van der Waals surface area (Å²) in [6, 6.07) is 2.38. The molecule has 0 aliphatic heterocycles. The number of aliphatic carboxylic acids is 4. The predicted molar refractivity (Wildman–Crippen MR) is 123 cm³/mol. The molecule has 17 heteroatoms. The second-order valence-electron chi connectivity index (χ2n) is 7.96. The van der Waals surface area contributed by atoms with Crippen LogP contribution in [0.2, 0.25) is 0 Å². The number of hydrogen-bond donors (Lipinski definition) is 6. The molecule has 2 atom stereocenters. The largest absolute Gasteiger partial charge is 0.481 e. The van der Waals surface area contributed by atoms with E-state index in [9.17, 15) is 40.8 Å². The van der Waals surface area contributed by atoms with Crippen LogP contribution in [-0.4, -0.2) is 79.0 Å². The van der Waals surface area contributed by atoms with E-state index >= 15 is 0 Å². The fourth-order valence-corrected chi connectivity index (χ4v) is 6.02. The SMILES string of the molecule is O=C(O)CC(NS(=O)(=O)c1ccc2c(c1)C(=O)c1cc(S(=O)(=O)NC(CC(=O)O)C(=O)O)ccc1-2)C(=O)O.